The Labute approximate surface area is 115 Å². The van der Waals surface area contributed by atoms with Crippen molar-refractivity contribution >= 4 is 5.91 Å². The molecule has 0 saturated heterocycles. The van der Waals surface area contributed by atoms with Crippen LogP contribution in [-0.4, -0.2) is 17.6 Å². The van der Waals surface area contributed by atoms with Crippen LogP contribution in [0.3, 0.4) is 0 Å². The standard InChI is InChI=1S/C15H24N2O2/c1-4-5-12-6-8-13(9-7-12)19-11(2)10-15(3,17)14(16)18/h6-9,11H,4-5,10,17H2,1-3H3,(H2,16,18). The number of carbonyl (C=O) groups excluding carboxylic acids is 1. The molecule has 0 saturated carbocycles. The van der Waals surface area contributed by atoms with Gasteiger partial charge in [0.1, 0.15) is 5.75 Å². The van der Waals surface area contributed by atoms with E-state index in [4.69, 9.17) is 16.2 Å². The number of hydrogen-bond acceptors (Lipinski definition) is 3. The van der Waals surface area contributed by atoms with Gasteiger partial charge in [0.2, 0.25) is 5.91 Å². The van der Waals surface area contributed by atoms with Gasteiger partial charge in [0.05, 0.1) is 11.6 Å². The van der Waals surface area contributed by atoms with Crippen molar-refractivity contribution in [1.29, 1.82) is 0 Å². The van der Waals surface area contributed by atoms with Crippen LogP contribution >= 0.6 is 0 Å². The van der Waals surface area contributed by atoms with Crippen LogP contribution in [0.1, 0.15) is 39.2 Å². The van der Waals surface area contributed by atoms with Gasteiger partial charge in [-0.25, -0.2) is 0 Å². The zero-order chi connectivity index (χ0) is 14.5. The third-order valence-electron chi connectivity index (χ3n) is 3.07. The van der Waals surface area contributed by atoms with Crippen LogP contribution in [0.2, 0.25) is 0 Å². The molecule has 0 aliphatic carbocycles. The number of rotatable bonds is 7. The summed E-state index contributed by atoms with van der Waals surface area (Å²) in [6.07, 6.45) is 2.41. The van der Waals surface area contributed by atoms with Crippen molar-refractivity contribution in [2.75, 3.05) is 0 Å². The van der Waals surface area contributed by atoms with E-state index in [1.807, 2.05) is 19.1 Å². The Bertz CT molecular complexity index is 413. The minimum Gasteiger partial charge on any atom is -0.491 e. The molecule has 0 aliphatic heterocycles. The number of aryl methyl sites for hydroxylation is 1. The first-order valence-corrected chi connectivity index (χ1v) is 6.69. The van der Waals surface area contributed by atoms with Crippen molar-refractivity contribution in [2.45, 2.75) is 51.7 Å². The molecule has 1 amide bonds. The molecule has 0 spiro atoms. The molecule has 0 bridgehead atoms. The molecule has 1 rings (SSSR count). The maximum absolute atomic E-state index is 11.2. The van der Waals surface area contributed by atoms with Gasteiger partial charge in [0.15, 0.2) is 0 Å². The molecular formula is C15H24N2O2. The fourth-order valence-corrected chi connectivity index (χ4v) is 2.00. The summed E-state index contributed by atoms with van der Waals surface area (Å²) in [4.78, 5) is 11.2. The highest BCUT2D eigenvalue weighted by atomic mass is 16.5. The summed E-state index contributed by atoms with van der Waals surface area (Å²) in [5, 5.41) is 0. The first-order chi connectivity index (χ1) is 8.85. The van der Waals surface area contributed by atoms with E-state index in [0.29, 0.717) is 6.42 Å². The molecule has 1 aromatic rings. The van der Waals surface area contributed by atoms with Crippen molar-refractivity contribution < 1.29 is 9.53 Å². The summed E-state index contributed by atoms with van der Waals surface area (Å²) in [5.74, 6) is 0.272. The van der Waals surface area contributed by atoms with Gasteiger partial charge in [0.25, 0.3) is 0 Å². The van der Waals surface area contributed by atoms with Crippen LogP contribution in [0.25, 0.3) is 0 Å². The zero-order valence-corrected chi connectivity index (χ0v) is 12.0. The average molecular weight is 264 g/mol. The number of hydrogen-bond donors (Lipinski definition) is 2. The largest absolute Gasteiger partial charge is 0.491 e. The smallest absolute Gasteiger partial charge is 0.237 e. The monoisotopic (exact) mass is 264 g/mol. The van der Waals surface area contributed by atoms with Gasteiger partial charge in [-0.1, -0.05) is 25.5 Å². The predicted molar refractivity (Wildman–Crippen MR) is 76.9 cm³/mol. The summed E-state index contributed by atoms with van der Waals surface area (Å²) < 4.78 is 5.75. The summed E-state index contributed by atoms with van der Waals surface area (Å²) in [5.41, 5.74) is 11.3. The highest BCUT2D eigenvalue weighted by Gasteiger charge is 2.28. The summed E-state index contributed by atoms with van der Waals surface area (Å²) in [6.45, 7) is 5.66. The molecule has 0 aromatic heterocycles. The topological polar surface area (TPSA) is 78.3 Å². The van der Waals surface area contributed by atoms with Gasteiger partial charge in [-0.2, -0.15) is 0 Å². The van der Waals surface area contributed by atoms with Crippen LogP contribution < -0.4 is 16.2 Å². The second-order valence-electron chi connectivity index (χ2n) is 5.31. The predicted octanol–water partition coefficient (Wildman–Crippen LogP) is 2.00. The van der Waals surface area contributed by atoms with E-state index >= 15 is 0 Å². The molecule has 4 N–H and O–H groups in total. The van der Waals surface area contributed by atoms with Gasteiger partial charge < -0.3 is 16.2 Å². The Morgan fingerprint density at radius 2 is 1.95 bits per heavy atom. The van der Waals surface area contributed by atoms with Crippen molar-refractivity contribution in [3.63, 3.8) is 0 Å². The van der Waals surface area contributed by atoms with Gasteiger partial charge in [-0.05, 0) is 38.0 Å². The van der Waals surface area contributed by atoms with Crippen molar-refractivity contribution in [1.82, 2.24) is 0 Å². The average Bonchev–Trinajstić information content (AvgIpc) is 2.31. The highest BCUT2D eigenvalue weighted by Crippen LogP contribution is 2.18. The third-order valence-corrected chi connectivity index (χ3v) is 3.07. The third kappa shape index (κ3) is 4.91. The first-order valence-electron chi connectivity index (χ1n) is 6.69. The molecule has 2 unspecified atom stereocenters. The number of benzene rings is 1. The van der Waals surface area contributed by atoms with Crippen molar-refractivity contribution in [2.24, 2.45) is 11.5 Å². The minimum atomic E-state index is -1.04. The minimum absolute atomic E-state index is 0.167. The number of carbonyl (C=O) groups is 1. The van der Waals surface area contributed by atoms with Crippen molar-refractivity contribution in [3.8, 4) is 5.75 Å². The SMILES string of the molecule is CCCc1ccc(OC(C)CC(C)(N)C(N)=O)cc1. The van der Waals surface area contributed by atoms with E-state index in [0.717, 1.165) is 18.6 Å². The lowest BCUT2D eigenvalue weighted by Crippen LogP contribution is -2.51. The number of primary amides is 1. The van der Waals surface area contributed by atoms with E-state index < -0.39 is 11.4 Å². The fraction of sp³-hybridized carbons (Fsp3) is 0.533. The molecule has 0 radical (unpaired) electrons. The summed E-state index contributed by atoms with van der Waals surface area (Å²) in [6, 6.07) is 8.00. The van der Waals surface area contributed by atoms with Crippen LogP contribution in [0.5, 0.6) is 5.75 Å². The molecule has 2 atom stereocenters. The molecule has 1 aromatic carbocycles. The number of amides is 1. The lowest BCUT2D eigenvalue weighted by atomic mass is 9.95. The highest BCUT2D eigenvalue weighted by molar-refractivity contribution is 5.83. The Kier molecular flexibility index (Phi) is 5.36. The Morgan fingerprint density at radius 3 is 2.42 bits per heavy atom. The molecule has 4 heteroatoms. The van der Waals surface area contributed by atoms with Crippen LogP contribution in [0.4, 0.5) is 0 Å². The van der Waals surface area contributed by atoms with E-state index in [9.17, 15) is 4.79 Å². The lowest BCUT2D eigenvalue weighted by molar-refractivity contribution is -0.123. The quantitative estimate of drug-likeness (QED) is 0.790. The molecule has 0 aliphatic rings. The normalized spacial score (nSPS) is 15.6. The Morgan fingerprint density at radius 1 is 1.37 bits per heavy atom. The van der Waals surface area contributed by atoms with Gasteiger partial charge in [-0.3, -0.25) is 4.79 Å². The Hall–Kier alpha value is -1.55. The molecule has 4 nitrogen and oxygen atoms in total. The van der Waals surface area contributed by atoms with Gasteiger partial charge >= 0.3 is 0 Å². The van der Waals surface area contributed by atoms with Crippen LogP contribution in [-0.2, 0) is 11.2 Å². The van der Waals surface area contributed by atoms with Crippen LogP contribution in [0, 0.1) is 0 Å². The van der Waals surface area contributed by atoms with E-state index in [-0.39, 0.29) is 6.10 Å². The molecular weight excluding hydrogens is 240 g/mol. The van der Waals surface area contributed by atoms with E-state index in [1.54, 1.807) is 6.92 Å². The van der Waals surface area contributed by atoms with Gasteiger partial charge in [-0.15, -0.1) is 0 Å². The number of nitrogens with two attached hydrogens (primary N) is 2. The van der Waals surface area contributed by atoms with E-state index in [1.165, 1.54) is 5.56 Å². The fourth-order valence-electron chi connectivity index (χ4n) is 2.00. The van der Waals surface area contributed by atoms with Crippen LogP contribution in [0.15, 0.2) is 24.3 Å². The molecule has 106 valence electrons. The van der Waals surface area contributed by atoms with Gasteiger partial charge in [0, 0.05) is 6.42 Å². The lowest BCUT2D eigenvalue weighted by Gasteiger charge is -2.25. The molecule has 0 heterocycles. The molecule has 19 heavy (non-hydrogen) atoms. The first kappa shape index (κ1) is 15.5. The maximum atomic E-state index is 11.2. The Balaban J connectivity index is 2.57. The van der Waals surface area contributed by atoms with E-state index in [2.05, 4.69) is 19.1 Å². The summed E-state index contributed by atoms with van der Waals surface area (Å²) >= 11 is 0. The number of ether oxygens (including phenoxy) is 1. The molecule has 0 fully saturated rings. The zero-order valence-electron chi connectivity index (χ0n) is 12.0. The second kappa shape index (κ2) is 6.57. The second-order valence-corrected chi connectivity index (χ2v) is 5.31. The maximum Gasteiger partial charge on any atom is 0.237 e. The van der Waals surface area contributed by atoms with Crippen molar-refractivity contribution in [3.05, 3.63) is 29.8 Å². The summed E-state index contributed by atoms with van der Waals surface area (Å²) in [7, 11) is 0.